The molecule has 0 aliphatic rings. The maximum Gasteiger partial charge on any atom is 0.0939 e. The number of hydrogen-bond acceptors (Lipinski definition) is 2. The molecule has 0 aromatic carbocycles. The molecular formula is C9H14ClNS. The molecule has 0 bridgehead atoms. The average Bonchev–Trinajstić information content (AvgIpc) is 2.37. The lowest BCUT2D eigenvalue weighted by atomic mass is 9.90. The summed E-state index contributed by atoms with van der Waals surface area (Å²) < 4.78 is 0. The van der Waals surface area contributed by atoms with Gasteiger partial charge < -0.3 is 0 Å². The molecule has 0 saturated carbocycles. The van der Waals surface area contributed by atoms with Crippen molar-refractivity contribution < 1.29 is 0 Å². The van der Waals surface area contributed by atoms with Crippen molar-refractivity contribution >= 4 is 22.9 Å². The fourth-order valence-corrected chi connectivity index (χ4v) is 1.71. The van der Waals surface area contributed by atoms with Crippen LogP contribution in [0.4, 0.5) is 0 Å². The fourth-order valence-electron chi connectivity index (χ4n) is 0.813. The van der Waals surface area contributed by atoms with Crippen molar-refractivity contribution in [3.05, 3.63) is 16.6 Å². The molecular weight excluding hydrogens is 190 g/mol. The predicted octanol–water partition coefficient (Wildman–Crippen LogP) is 3.34. The van der Waals surface area contributed by atoms with Gasteiger partial charge in [0.15, 0.2) is 0 Å². The van der Waals surface area contributed by atoms with Gasteiger partial charge in [0, 0.05) is 23.4 Å². The summed E-state index contributed by atoms with van der Waals surface area (Å²) in [5.74, 6) is 0. The van der Waals surface area contributed by atoms with Gasteiger partial charge in [0.1, 0.15) is 0 Å². The second-order valence-corrected chi connectivity index (χ2v) is 5.47. The summed E-state index contributed by atoms with van der Waals surface area (Å²) in [6.45, 7) is 6.45. The summed E-state index contributed by atoms with van der Waals surface area (Å²) in [5, 5.41) is 3.29. The first-order valence-corrected chi connectivity index (χ1v) is 5.34. The molecule has 0 amide bonds. The van der Waals surface area contributed by atoms with Gasteiger partial charge in [0.05, 0.1) is 5.01 Å². The lowest BCUT2D eigenvalue weighted by molar-refractivity contribution is 0.386. The molecule has 1 rings (SSSR count). The van der Waals surface area contributed by atoms with E-state index in [1.54, 1.807) is 11.3 Å². The number of alkyl halides is 1. The number of rotatable bonds is 2. The molecule has 3 heteroatoms. The van der Waals surface area contributed by atoms with Crippen LogP contribution < -0.4 is 0 Å². The second kappa shape index (κ2) is 3.75. The number of thiazole rings is 1. The maximum atomic E-state index is 6.22. The van der Waals surface area contributed by atoms with E-state index in [2.05, 4.69) is 25.8 Å². The second-order valence-electron chi connectivity index (χ2n) is 3.96. The fraction of sp³-hybridized carbons (Fsp3) is 0.667. The Morgan fingerprint density at radius 2 is 2.25 bits per heavy atom. The number of hydrogen-bond donors (Lipinski definition) is 0. The van der Waals surface area contributed by atoms with Crippen LogP contribution in [-0.2, 0) is 6.42 Å². The summed E-state index contributed by atoms with van der Waals surface area (Å²) in [4.78, 5) is 4.20. The third-order valence-electron chi connectivity index (χ3n) is 1.78. The van der Waals surface area contributed by atoms with Crippen LogP contribution in [0.3, 0.4) is 0 Å². The van der Waals surface area contributed by atoms with E-state index in [4.69, 9.17) is 11.6 Å². The van der Waals surface area contributed by atoms with Crippen LogP contribution in [0.15, 0.2) is 11.6 Å². The molecule has 0 spiro atoms. The number of aromatic nitrogens is 1. The van der Waals surface area contributed by atoms with Gasteiger partial charge in [-0.15, -0.1) is 22.9 Å². The van der Waals surface area contributed by atoms with Crippen molar-refractivity contribution in [1.82, 2.24) is 4.98 Å². The van der Waals surface area contributed by atoms with Gasteiger partial charge >= 0.3 is 0 Å². The molecule has 1 unspecified atom stereocenters. The normalized spacial score (nSPS) is 14.7. The maximum absolute atomic E-state index is 6.22. The lowest BCUT2D eigenvalue weighted by Gasteiger charge is -2.24. The van der Waals surface area contributed by atoms with E-state index in [9.17, 15) is 0 Å². The molecule has 0 fully saturated rings. The Kier molecular flexibility index (Phi) is 3.13. The first-order valence-electron chi connectivity index (χ1n) is 4.02. The van der Waals surface area contributed by atoms with E-state index in [1.165, 1.54) is 0 Å². The van der Waals surface area contributed by atoms with Gasteiger partial charge in [-0.1, -0.05) is 20.8 Å². The first-order chi connectivity index (χ1) is 5.50. The quantitative estimate of drug-likeness (QED) is 0.672. The molecule has 0 aliphatic carbocycles. The Balaban J connectivity index is 2.53. The zero-order valence-corrected chi connectivity index (χ0v) is 9.25. The van der Waals surface area contributed by atoms with Gasteiger partial charge in [0.2, 0.25) is 0 Å². The Hall–Kier alpha value is -0.0800. The highest BCUT2D eigenvalue weighted by atomic mass is 35.5. The minimum Gasteiger partial charge on any atom is -0.250 e. The third kappa shape index (κ3) is 2.76. The highest BCUT2D eigenvalue weighted by Crippen LogP contribution is 2.27. The predicted molar refractivity (Wildman–Crippen MR) is 54.9 cm³/mol. The molecule has 1 aromatic heterocycles. The summed E-state index contributed by atoms with van der Waals surface area (Å²) in [6.07, 6.45) is 2.70. The van der Waals surface area contributed by atoms with Crippen LogP contribution in [0.1, 0.15) is 25.8 Å². The number of nitrogens with zero attached hydrogens (tertiary/aromatic N) is 1. The van der Waals surface area contributed by atoms with Crippen LogP contribution in [0.5, 0.6) is 0 Å². The van der Waals surface area contributed by atoms with Gasteiger partial charge in [-0.05, 0) is 5.41 Å². The van der Waals surface area contributed by atoms with Gasteiger partial charge in [-0.2, -0.15) is 0 Å². The summed E-state index contributed by atoms with van der Waals surface area (Å²) >= 11 is 7.89. The van der Waals surface area contributed by atoms with E-state index in [0.717, 1.165) is 11.4 Å². The topological polar surface area (TPSA) is 12.9 Å². The lowest BCUT2D eigenvalue weighted by Crippen LogP contribution is -2.22. The molecule has 0 saturated heterocycles. The monoisotopic (exact) mass is 203 g/mol. The van der Waals surface area contributed by atoms with Crippen molar-refractivity contribution in [2.45, 2.75) is 32.6 Å². The first kappa shape index (κ1) is 10.0. The molecule has 1 heterocycles. The average molecular weight is 204 g/mol. The molecule has 0 N–H and O–H groups in total. The minimum absolute atomic E-state index is 0.160. The smallest absolute Gasteiger partial charge is 0.0939 e. The van der Waals surface area contributed by atoms with Crippen molar-refractivity contribution in [3.63, 3.8) is 0 Å². The molecule has 0 aliphatic heterocycles. The Labute approximate surface area is 82.8 Å². The summed E-state index contributed by atoms with van der Waals surface area (Å²) in [7, 11) is 0. The molecule has 0 radical (unpaired) electrons. The third-order valence-corrected chi connectivity index (χ3v) is 3.39. The van der Waals surface area contributed by atoms with Crippen molar-refractivity contribution in [1.29, 1.82) is 0 Å². The van der Waals surface area contributed by atoms with E-state index >= 15 is 0 Å². The van der Waals surface area contributed by atoms with E-state index in [-0.39, 0.29) is 10.8 Å². The van der Waals surface area contributed by atoms with Gasteiger partial charge in [-0.3, -0.25) is 0 Å². The standard InChI is InChI=1S/C9H14ClNS/c1-9(2,3)7(10)6-8-11-4-5-12-8/h4-5,7H,6H2,1-3H3. The van der Waals surface area contributed by atoms with Crippen LogP contribution >= 0.6 is 22.9 Å². The Morgan fingerprint density at radius 1 is 1.58 bits per heavy atom. The number of halogens is 1. The van der Waals surface area contributed by atoms with Crippen molar-refractivity contribution in [3.8, 4) is 0 Å². The highest BCUT2D eigenvalue weighted by molar-refractivity contribution is 7.09. The Bertz CT molecular complexity index is 225. The van der Waals surface area contributed by atoms with Crippen LogP contribution in [0, 0.1) is 5.41 Å². The summed E-state index contributed by atoms with van der Waals surface area (Å²) in [6, 6.07) is 0. The van der Waals surface area contributed by atoms with Crippen LogP contribution in [0.25, 0.3) is 0 Å². The zero-order chi connectivity index (χ0) is 9.19. The van der Waals surface area contributed by atoms with E-state index < -0.39 is 0 Å². The largest absolute Gasteiger partial charge is 0.250 e. The Morgan fingerprint density at radius 3 is 2.67 bits per heavy atom. The SMILES string of the molecule is CC(C)(C)C(Cl)Cc1nccs1. The molecule has 1 nitrogen and oxygen atoms in total. The van der Waals surface area contributed by atoms with Crippen LogP contribution in [0.2, 0.25) is 0 Å². The highest BCUT2D eigenvalue weighted by Gasteiger charge is 2.22. The van der Waals surface area contributed by atoms with Gasteiger partial charge in [-0.25, -0.2) is 4.98 Å². The zero-order valence-electron chi connectivity index (χ0n) is 7.67. The van der Waals surface area contributed by atoms with E-state index in [0.29, 0.717) is 0 Å². The summed E-state index contributed by atoms with van der Waals surface area (Å²) in [5.41, 5.74) is 0.160. The van der Waals surface area contributed by atoms with Crippen molar-refractivity contribution in [2.24, 2.45) is 5.41 Å². The van der Waals surface area contributed by atoms with Gasteiger partial charge in [0.25, 0.3) is 0 Å². The molecule has 1 atom stereocenters. The molecule has 1 aromatic rings. The molecule has 68 valence electrons. The van der Waals surface area contributed by atoms with Crippen molar-refractivity contribution in [2.75, 3.05) is 0 Å². The van der Waals surface area contributed by atoms with E-state index in [1.807, 2.05) is 11.6 Å². The minimum atomic E-state index is 0.160. The van der Waals surface area contributed by atoms with Crippen LogP contribution in [-0.4, -0.2) is 10.4 Å². The molecule has 12 heavy (non-hydrogen) atoms.